The average Bonchev–Trinajstić information content (AvgIpc) is 3.02. The Morgan fingerprint density at radius 1 is 1.00 bits per heavy atom. The van der Waals surface area contributed by atoms with E-state index in [1.807, 2.05) is 32.0 Å². The number of rotatable bonds is 6. The van der Waals surface area contributed by atoms with Crippen LogP contribution in [0.4, 0.5) is 11.4 Å². The van der Waals surface area contributed by atoms with Crippen LogP contribution in [0.25, 0.3) is 12.2 Å². The van der Waals surface area contributed by atoms with E-state index in [0.717, 1.165) is 11.1 Å². The van der Waals surface area contributed by atoms with Crippen LogP contribution in [0.1, 0.15) is 40.6 Å². The van der Waals surface area contributed by atoms with E-state index in [4.69, 9.17) is 4.52 Å². The smallest absolute Gasteiger partial charge is 0.262 e. The number of sulfonamides is 1. The summed E-state index contributed by atoms with van der Waals surface area (Å²) in [6, 6.07) is 10.7. The molecule has 0 spiro atoms. The first-order chi connectivity index (χ1) is 14.6. The molecule has 2 N–H and O–H groups in total. The highest BCUT2D eigenvalue weighted by molar-refractivity contribution is 7.92. The zero-order valence-corrected chi connectivity index (χ0v) is 18.9. The Hall–Kier alpha value is -3.39. The lowest BCUT2D eigenvalue weighted by molar-refractivity contribution is -0.114. The van der Waals surface area contributed by atoms with E-state index in [-0.39, 0.29) is 10.8 Å². The van der Waals surface area contributed by atoms with E-state index >= 15 is 0 Å². The molecule has 0 saturated heterocycles. The molecule has 0 aliphatic heterocycles. The van der Waals surface area contributed by atoms with Gasteiger partial charge < -0.3 is 9.84 Å². The second-order valence-electron chi connectivity index (χ2n) is 7.47. The molecular weight excluding hydrogens is 414 g/mol. The Bertz CT molecular complexity index is 1270. The third-order valence-corrected chi connectivity index (χ3v) is 6.25. The van der Waals surface area contributed by atoms with Crippen molar-refractivity contribution >= 4 is 39.5 Å². The number of carbonyl (C=O) groups excluding carboxylic acids is 1. The third-order valence-electron chi connectivity index (χ3n) is 4.75. The largest absolute Gasteiger partial charge is 0.354 e. The summed E-state index contributed by atoms with van der Waals surface area (Å²) >= 11 is 0. The summed E-state index contributed by atoms with van der Waals surface area (Å²) in [5.41, 5.74) is 4.79. The highest BCUT2D eigenvalue weighted by Crippen LogP contribution is 2.26. The molecule has 0 unspecified atom stereocenters. The van der Waals surface area contributed by atoms with Crippen molar-refractivity contribution in [3.05, 3.63) is 70.1 Å². The Kier molecular flexibility index (Phi) is 6.31. The van der Waals surface area contributed by atoms with E-state index in [1.165, 1.54) is 6.92 Å². The minimum absolute atomic E-state index is 0.186. The van der Waals surface area contributed by atoms with Crippen LogP contribution in [0, 0.1) is 27.7 Å². The van der Waals surface area contributed by atoms with Crippen LogP contribution in [-0.4, -0.2) is 19.5 Å². The number of nitrogens with zero attached hydrogens (tertiary/aromatic N) is 1. The van der Waals surface area contributed by atoms with Gasteiger partial charge in [-0.05, 0) is 62.6 Å². The number of hydrogen-bond donors (Lipinski definition) is 2. The third kappa shape index (κ3) is 5.21. The molecule has 0 aliphatic carbocycles. The highest BCUT2D eigenvalue weighted by Gasteiger charge is 2.18. The Morgan fingerprint density at radius 2 is 1.74 bits per heavy atom. The van der Waals surface area contributed by atoms with Crippen molar-refractivity contribution in [1.29, 1.82) is 0 Å². The van der Waals surface area contributed by atoms with Gasteiger partial charge in [-0.2, -0.15) is 0 Å². The maximum absolute atomic E-state index is 13.1. The van der Waals surface area contributed by atoms with Crippen molar-refractivity contribution in [1.82, 2.24) is 5.16 Å². The fourth-order valence-corrected chi connectivity index (χ4v) is 4.55. The lowest BCUT2D eigenvalue weighted by Crippen LogP contribution is -2.15. The van der Waals surface area contributed by atoms with E-state index in [2.05, 4.69) is 15.2 Å². The molecule has 1 aromatic heterocycles. The fraction of sp³-hybridized carbons (Fsp3) is 0.217. The van der Waals surface area contributed by atoms with Crippen LogP contribution in [0.3, 0.4) is 0 Å². The zero-order chi connectivity index (χ0) is 22.8. The topological polar surface area (TPSA) is 101 Å². The number of amides is 1. The standard InChI is InChI=1S/C23H25N3O4S/c1-14-6-10-20(16(3)12-14)26-31(28,29)22-13-19(8-7-15(22)2)9-11-21-23(24-18(5)27)17(4)25-30-21/h6-13,26H,1-5H3,(H,24,27). The van der Waals surface area contributed by atoms with Gasteiger partial charge in [0.2, 0.25) is 5.91 Å². The van der Waals surface area contributed by atoms with Gasteiger partial charge in [-0.25, -0.2) is 8.42 Å². The predicted molar refractivity (Wildman–Crippen MR) is 122 cm³/mol. The van der Waals surface area contributed by atoms with E-state index in [0.29, 0.717) is 34.0 Å². The van der Waals surface area contributed by atoms with Crippen molar-refractivity contribution in [3.63, 3.8) is 0 Å². The molecular formula is C23H25N3O4S. The molecule has 1 amide bonds. The number of aromatic nitrogens is 1. The number of carbonyl (C=O) groups is 1. The van der Waals surface area contributed by atoms with Gasteiger partial charge in [-0.1, -0.05) is 41.1 Å². The van der Waals surface area contributed by atoms with Crippen LogP contribution in [-0.2, 0) is 14.8 Å². The highest BCUT2D eigenvalue weighted by atomic mass is 32.2. The molecule has 0 aliphatic rings. The van der Waals surface area contributed by atoms with E-state index in [1.54, 1.807) is 44.2 Å². The second kappa shape index (κ2) is 8.77. The van der Waals surface area contributed by atoms with Crippen molar-refractivity contribution in [2.45, 2.75) is 39.5 Å². The minimum atomic E-state index is -3.78. The van der Waals surface area contributed by atoms with Gasteiger partial charge in [0, 0.05) is 6.92 Å². The lowest BCUT2D eigenvalue weighted by atomic mass is 10.1. The molecule has 0 bridgehead atoms. The van der Waals surface area contributed by atoms with Gasteiger partial charge in [0.05, 0.1) is 10.6 Å². The fourth-order valence-electron chi connectivity index (χ4n) is 3.14. The van der Waals surface area contributed by atoms with Crippen molar-refractivity contribution in [2.24, 2.45) is 0 Å². The molecule has 3 aromatic rings. The Labute approximate surface area is 182 Å². The summed E-state index contributed by atoms with van der Waals surface area (Å²) in [7, 11) is -3.78. The van der Waals surface area contributed by atoms with Gasteiger partial charge in [-0.15, -0.1) is 0 Å². The van der Waals surface area contributed by atoms with Crippen molar-refractivity contribution in [3.8, 4) is 0 Å². The zero-order valence-electron chi connectivity index (χ0n) is 18.1. The number of nitrogens with one attached hydrogen (secondary N) is 2. The quantitative estimate of drug-likeness (QED) is 0.572. The summed E-state index contributed by atoms with van der Waals surface area (Å²) in [6.07, 6.45) is 3.35. The van der Waals surface area contributed by atoms with Crippen LogP contribution < -0.4 is 10.0 Å². The summed E-state index contributed by atoms with van der Waals surface area (Å²) in [5, 5.41) is 6.55. The van der Waals surface area contributed by atoms with E-state index in [9.17, 15) is 13.2 Å². The summed E-state index contributed by atoms with van der Waals surface area (Å²) in [5.74, 6) is 0.147. The summed E-state index contributed by atoms with van der Waals surface area (Å²) < 4.78 is 34.0. The van der Waals surface area contributed by atoms with Crippen molar-refractivity contribution < 1.29 is 17.7 Å². The second-order valence-corrected chi connectivity index (χ2v) is 9.12. The minimum Gasteiger partial charge on any atom is -0.354 e. The monoisotopic (exact) mass is 439 g/mol. The summed E-state index contributed by atoms with van der Waals surface area (Å²) in [4.78, 5) is 11.6. The lowest BCUT2D eigenvalue weighted by Gasteiger charge is -2.13. The molecule has 8 heteroatoms. The van der Waals surface area contributed by atoms with Crippen molar-refractivity contribution in [2.75, 3.05) is 10.0 Å². The first-order valence-corrected chi connectivity index (χ1v) is 11.2. The number of benzene rings is 2. The first-order valence-electron chi connectivity index (χ1n) is 9.69. The number of hydrogen-bond acceptors (Lipinski definition) is 5. The van der Waals surface area contributed by atoms with Gasteiger partial charge in [0.15, 0.2) is 5.76 Å². The Balaban J connectivity index is 1.91. The van der Waals surface area contributed by atoms with Gasteiger partial charge in [0.25, 0.3) is 10.0 Å². The molecule has 162 valence electrons. The van der Waals surface area contributed by atoms with Crippen LogP contribution in [0.5, 0.6) is 0 Å². The molecule has 0 fully saturated rings. The van der Waals surface area contributed by atoms with Gasteiger partial charge in [0.1, 0.15) is 11.4 Å². The maximum atomic E-state index is 13.1. The molecule has 1 heterocycles. The SMILES string of the molecule is CC(=O)Nc1c(C)noc1C=Cc1ccc(C)c(S(=O)(=O)Nc2ccc(C)cc2C)c1. The van der Waals surface area contributed by atoms with Crippen LogP contribution >= 0.6 is 0 Å². The summed E-state index contributed by atoms with van der Waals surface area (Å²) in [6.45, 7) is 8.70. The maximum Gasteiger partial charge on any atom is 0.262 e. The molecule has 0 radical (unpaired) electrons. The average molecular weight is 440 g/mol. The molecule has 3 rings (SSSR count). The van der Waals surface area contributed by atoms with Gasteiger partial charge in [-0.3, -0.25) is 9.52 Å². The predicted octanol–water partition coefficient (Wildman–Crippen LogP) is 4.84. The molecule has 7 nitrogen and oxygen atoms in total. The molecule has 31 heavy (non-hydrogen) atoms. The normalized spacial score (nSPS) is 11.6. The number of anilines is 2. The first kappa shape index (κ1) is 22.3. The molecule has 0 saturated carbocycles. The molecule has 2 aromatic carbocycles. The van der Waals surface area contributed by atoms with Gasteiger partial charge >= 0.3 is 0 Å². The van der Waals surface area contributed by atoms with Crippen LogP contribution in [0.2, 0.25) is 0 Å². The van der Waals surface area contributed by atoms with E-state index < -0.39 is 10.0 Å². The Morgan fingerprint density at radius 3 is 2.42 bits per heavy atom. The van der Waals surface area contributed by atoms with Crippen LogP contribution in [0.15, 0.2) is 45.8 Å². The molecule has 0 atom stereocenters. The number of aryl methyl sites for hydroxylation is 4.